The zero-order valence-corrected chi connectivity index (χ0v) is 11.4. The van der Waals surface area contributed by atoms with Crippen molar-refractivity contribution in [3.05, 3.63) is 5.28 Å². The lowest BCUT2D eigenvalue weighted by Crippen LogP contribution is -2.10. The lowest BCUT2D eigenvalue weighted by atomic mass is 10.1. The van der Waals surface area contributed by atoms with Crippen LogP contribution in [0.2, 0.25) is 5.28 Å². The average Bonchev–Trinajstić information content (AvgIpc) is 2.34. The average molecular weight is 275 g/mol. The minimum Gasteiger partial charge on any atom is -0.464 e. The zero-order chi connectivity index (χ0) is 13.4. The molecule has 1 rings (SSSR count). The van der Waals surface area contributed by atoms with Crippen LogP contribution in [0.5, 0.6) is 6.01 Å². The first-order valence-electron chi connectivity index (χ1n) is 6.04. The summed E-state index contributed by atoms with van der Waals surface area (Å²) in [5, 5.41) is 12.1. The number of aromatic nitrogens is 3. The number of halogens is 1. The number of rotatable bonds is 8. The molecule has 0 aliphatic rings. The molecular weight excluding hydrogens is 256 g/mol. The Labute approximate surface area is 112 Å². The molecule has 18 heavy (non-hydrogen) atoms. The Morgan fingerprint density at radius 2 is 2.17 bits per heavy atom. The van der Waals surface area contributed by atoms with E-state index in [1.54, 1.807) is 0 Å². The summed E-state index contributed by atoms with van der Waals surface area (Å²) in [6, 6.07) is 0.226. The second-order valence-corrected chi connectivity index (χ2v) is 4.34. The van der Waals surface area contributed by atoms with E-state index in [9.17, 15) is 0 Å². The quantitative estimate of drug-likeness (QED) is 0.703. The fourth-order valence-electron chi connectivity index (χ4n) is 1.35. The molecule has 0 spiro atoms. The number of nitrogens with zero attached hydrogens (tertiary/aromatic N) is 3. The van der Waals surface area contributed by atoms with Crippen LogP contribution in [0.3, 0.4) is 0 Å². The topological polar surface area (TPSA) is 80.2 Å². The van der Waals surface area contributed by atoms with Gasteiger partial charge in [-0.1, -0.05) is 6.92 Å². The van der Waals surface area contributed by atoms with Gasteiger partial charge in [0.05, 0.1) is 6.61 Å². The molecule has 0 saturated heterocycles. The molecular formula is C11H19ClN4O2. The molecule has 1 aromatic heterocycles. The third-order valence-corrected chi connectivity index (χ3v) is 2.50. The summed E-state index contributed by atoms with van der Waals surface area (Å²) in [5.74, 6) is 0.725. The molecule has 7 heteroatoms. The second kappa shape index (κ2) is 8.05. The maximum Gasteiger partial charge on any atom is 0.322 e. The van der Waals surface area contributed by atoms with E-state index < -0.39 is 0 Å². The van der Waals surface area contributed by atoms with E-state index >= 15 is 0 Å². The van der Waals surface area contributed by atoms with Crippen LogP contribution in [-0.2, 0) is 0 Å². The Kier molecular flexibility index (Phi) is 6.67. The fraction of sp³-hybridized carbons (Fsp3) is 0.727. The van der Waals surface area contributed by atoms with Crippen molar-refractivity contribution in [1.82, 2.24) is 15.0 Å². The van der Waals surface area contributed by atoms with E-state index in [1.807, 2.05) is 13.8 Å². The smallest absolute Gasteiger partial charge is 0.322 e. The first-order valence-corrected chi connectivity index (χ1v) is 6.42. The molecule has 0 aliphatic carbocycles. The Hall–Kier alpha value is -1.14. The number of anilines is 1. The van der Waals surface area contributed by atoms with Crippen LogP contribution < -0.4 is 10.1 Å². The van der Waals surface area contributed by atoms with Gasteiger partial charge in [-0.2, -0.15) is 15.0 Å². The number of hydrogen-bond acceptors (Lipinski definition) is 6. The summed E-state index contributed by atoms with van der Waals surface area (Å²) in [6.45, 7) is 5.27. The highest BCUT2D eigenvalue weighted by Gasteiger charge is 2.05. The number of aliphatic hydroxyl groups excluding tert-OH is 1. The molecule has 2 N–H and O–H groups in total. The van der Waals surface area contributed by atoms with Crippen LogP contribution in [0.25, 0.3) is 0 Å². The van der Waals surface area contributed by atoms with Crippen molar-refractivity contribution < 1.29 is 9.84 Å². The van der Waals surface area contributed by atoms with Gasteiger partial charge in [-0.05, 0) is 37.3 Å². The Morgan fingerprint density at radius 1 is 1.39 bits per heavy atom. The first-order chi connectivity index (χ1) is 8.65. The van der Waals surface area contributed by atoms with Gasteiger partial charge in [0, 0.05) is 13.2 Å². The van der Waals surface area contributed by atoms with Gasteiger partial charge in [-0.25, -0.2) is 0 Å². The monoisotopic (exact) mass is 274 g/mol. The van der Waals surface area contributed by atoms with Gasteiger partial charge in [0.15, 0.2) is 0 Å². The molecule has 0 saturated carbocycles. The number of nitrogens with one attached hydrogen (secondary N) is 1. The van der Waals surface area contributed by atoms with Crippen molar-refractivity contribution in [2.24, 2.45) is 5.92 Å². The van der Waals surface area contributed by atoms with Gasteiger partial charge >= 0.3 is 6.01 Å². The van der Waals surface area contributed by atoms with E-state index in [2.05, 4.69) is 20.3 Å². The molecule has 0 aromatic carbocycles. The van der Waals surface area contributed by atoms with E-state index in [4.69, 9.17) is 21.4 Å². The van der Waals surface area contributed by atoms with Crippen molar-refractivity contribution in [2.45, 2.75) is 26.7 Å². The third kappa shape index (κ3) is 5.46. The van der Waals surface area contributed by atoms with Gasteiger partial charge in [0.25, 0.3) is 0 Å². The summed E-state index contributed by atoms with van der Waals surface area (Å²) in [6.07, 6.45) is 1.87. The van der Waals surface area contributed by atoms with Gasteiger partial charge in [-0.15, -0.1) is 0 Å². The highest BCUT2D eigenvalue weighted by molar-refractivity contribution is 6.28. The molecule has 0 fully saturated rings. The van der Waals surface area contributed by atoms with Crippen molar-refractivity contribution in [3.63, 3.8) is 0 Å². The number of aliphatic hydroxyl groups is 1. The van der Waals surface area contributed by atoms with Crippen molar-refractivity contribution in [1.29, 1.82) is 0 Å². The Morgan fingerprint density at radius 3 is 2.83 bits per heavy atom. The first kappa shape index (κ1) is 14.9. The van der Waals surface area contributed by atoms with Crippen LogP contribution in [0.1, 0.15) is 26.7 Å². The van der Waals surface area contributed by atoms with E-state index in [0.717, 1.165) is 19.4 Å². The lowest BCUT2D eigenvalue weighted by Gasteiger charge is -2.09. The van der Waals surface area contributed by atoms with Crippen LogP contribution >= 0.6 is 11.6 Å². The van der Waals surface area contributed by atoms with Crippen molar-refractivity contribution in [3.8, 4) is 6.01 Å². The summed E-state index contributed by atoms with van der Waals surface area (Å²) in [7, 11) is 0. The van der Waals surface area contributed by atoms with Gasteiger partial charge < -0.3 is 15.2 Å². The normalized spacial score (nSPS) is 12.2. The summed E-state index contributed by atoms with van der Waals surface area (Å²) >= 11 is 5.76. The number of hydrogen-bond donors (Lipinski definition) is 2. The third-order valence-electron chi connectivity index (χ3n) is 2.33. The maximum absolute atomic E-state index is 8.90. The summed E-state index contributed by atoms with van der Waals surface area (Å²) in [5.41, 5.74) is 0. The zero-order valence-electron chi connectivity index (χ0n) is 10.7. The van der Waals surface area contributed by atoms with E-state index in [-0.39, 0.29) is 17.9 Å². The molecule has 0 radical (unpaired) electrons. The van der Waals surface area contributed by atoms with E-state index in [0.29, 0.717) is 18.5 Å². The molecule has 0 amide bonds. The van der Waals surface area contributed by atoms with Crippen LogP contribution in [0.4, 0.5) is 5.95 Å². The highest BCUT2D eigenvalue weighted by Crippen LogP contribution is 2.11. The minimum atomic E-state index is 0.111. The lowest BCUT2D eigenvalue weighted by molar-refractivity contribution is 0.229. The Balaban J connectivity index is 2.41. The molecule has 0 bridgehead atoms. The molecule has 0 aliphatic heterocycles. The molecule has 102 valence electrons. The minimum absolute atomic E-state index is 0.111. The standard InChI is InChI=1S/C11H19ClN4O2/c1-3-18-11-15-9(12)14-10(16-11)13-6-4-5-8(2)7-17/h8,17H,3-7H2,1-2H3,(H,13,14,15,16). The van der Waals surface area contributed by atoms with Crippen molar-refractivity contribution in [2.75, 3.05) is 25.1 Å². The van der Waals surface area contributed by atoms with Gasteiger partial charge in [0.2, 0.25) is 11.2 Å². The number of ether oxygens (including phenoxy) is 1. The summed E-state index contributed by atoms with van der Waals surface area (Å²) in [4.78, 5) is 11.9. The van der Waals surface area contributed by atoms with E-state index in [1.165, 1.54) is 0 Å². The molecule has 6 nitrogen and oxygen atoms in total. The predicted molar refractivity (Wildman–Crippen MR) is 70.0 cm³/mol. The molecule has 1 heterocycles. The SMILES string of the molecule is CCOc1nc(Cl)nc(NCCCC(C)CO)n1. The van der Waals surface area contributed by atoms with Gasteiger partial charge in [-0.3, -0.25) is 0 Å². The molecule has 1 unspecified atom stereocenters. The van der Waals surface area contributed by atoms with Crippen molar-refractivity contribution >= 4 is 17.5 Å². The van der Waals surface area contributed by atoms with Gasteiger partial charge in [0.1, 0.15) is 0 Å². The predicted octanol–water partition coefficient (Wildman–Crippen LogP) is 1.74. The molecule has 1 atom stereocenters. The maximum atomic E-state index is 8.90. The fourth-order valence-corrected chi connectivity index (χ4v) is 1.50. The van der Waals surface area contributed by atoms with Crippen LogP contribution in [-0.4, -0.2) is 39.8 Å². The molecule has 1 aromatic rings. The Bertz CT molecular complexity index is 365. The highest BCUT2D eigenvalue weighted by atomic mass is 35.5. The van der Waals surface area contributed by atoms with Crippen LogP contribution in [0.15, 0.2) is 0 Å². The van der Waals surface area contributed by atoms with Crippen LogP contribution in [0, 0.1) is 5.92 Å². The largest absolute Gasteiger partial charge is 0.464 e. The second-order valence-electron chi connectivity index (χ2n) is 4.00. The summed E-state index contributed by atoms with van der Waals surface area (Å²) < 4.78 is 5.17.